The zero-order chi connectivity index (χ0) is 21.7. The molecular formula is C22H20BrFN2O3S. The van der Waals surface area contributed by atoms with Gasteiger partial charge in [-0.25, -0.2) is 12.8 Å². The van der Waals surface area contributed by atoms with E-state index in [-0.39, 0.29) is 10.6 Å². The summed E-state index contributed by atoms with van der Waals surface area (Å²) < 4.78 is 42.4. The third kappa shape index (κ3) is 4.88. The van der Waals surface area contributed by atoms with Crippen molar-refractivity contribution >= 4 is 43.2 Å². The molecule has 0 aliphatic carbocycles. The Hall–Kier alpha value is -2.71. The van der Waals surface area contributed by atoms with Gasteiger partial charge in [-0.05, 0) is 48.4 Å². The van der Waals surface area contributed by atoms with Crippen LogP contribution in [-0.4, -0.2) is 20.9 Å². The molecule has 0 unspecified atom stereocenters. The van der Waals surface area contributed by atoms with Crippen LogP contribution in [0, 0.1) is 5.82 Å². The topological polar surface area (TPSA) is 66.5 Å². The minimum atomic E-state index is -4.02. The van der Waals surface area contributed by atoms with Gasteiger partial charge in [0.15, 0.2) is 0 Å². The summed E-state index contributed by atoms with van der Waals surface area (Å²) in [6, 6.07) is 19.1. The third-order valence-electron chi connectivity index (χ3n) is 4.46. The molecule has 0 aliphatic heterocycles. The predicted octanol–water partition coefficient (Wildman–Crippen LogP) is 4.98. The maximum atomic E-state index is 14.1. The van der Waals surface area contributed by atoms with E-state index in [9.17, 15) is 17.6 Å². The summed E-state index contributed by atoms with van der Waals surface area (Å²) in [4.78, 5) is 12.8. The zero-order valence-corrected chi connectivity index (χ0v) is 18.6. The molecule has 3 aromatic carbocycles. The first-order valence-electron chi connectivity index (χ1n) is 9.23. The van der Waals surface area contributed by atoms with Crippen LogP contribution in [0.3, 0.4) is 0 Å². The number of benzene rings is 3. The largest absolute Gasteiger partial charge is 0.322 e. The Morgan fingerprint density at radius 3 is 2.37 bits per heavy atom. The maximum absolute atomic E-state index is 14.1. The highest BCUT2D eigenvalue weighted by Gasteiger charge is 2.28. The van der Waals surface area contributed by atoms with E-state index in [1.165, 1.54) is 24.3 Å². The molecule has 5 nitrogen and oxygen atoms in total. The highest BCUT2D eigenvalue weighted by Crippen LogP contribution is 2.28. The molecule has 3 rings (SSSR count). The van der Waals surface area contributed by atoms with E-state index < -0.39 is 28.3 Å². The minimum absolute atomic E-state index is 0.0240. The summed E-state index contributed by atoms with van der Waals surface area (Å²) in [5, 5.41) is 2.46. The molecule has 1 N–H and O–H groups in total. The van der Waals surface area contributed by atoms with Gasteiger partial charge in [0.05, 0.1) is 16.3 Å². The van der Waals surface area contributed by atoms with E-state index in [2.05, 4.69) is 21.2 Å². The van der Waals surface area contributed by atoms with Crippen molar-refractivity contribution in [2.24, 2.45) is 0 Å². The van der Waals surface area contributed by atoms with Gasteiger partial charge < -0.3 is 5.32 Å². The van der Waals surface area contributed by atoms with Crippen LogP contribution in [0.2, 0.25) is 0 Å². The molecule has 1 amide bonds. The summed E-state index contributed by atoms with van der Waals surface area (Å²) in [6.07, 6.45) is 0.583. The number of aryl methyl sites for hydroxylation is 1. The van der Waals surface area contributed by atoms with Crippen LogP contribution in [0.25, 0.3) is 0 Å². The molecule has 3 aromatic rings. The molecule has 0 saturated heterocycles. The lowest BCUT2D eigenvalue weighted by Gasteiger charge is -2.26. The monoisotopic (exact) mass is 490 g/mol. The number of hydrogen-bond acceptors (Lipinski definition) is 3. The van der Waals surface area contributed by atoms with Crippen LogP contribution in [-0.2, 0) is 21.2 Å². The van der Waals surface area contributed by atoms with Gasteiger partial charge in [-0.3, -0.25) is 9.10 Å². The van der Waals surface area contributed by atoms with Crippen LogP contribution in [0.1, 0.15) is 12.5 Å². The molecule has 0 saturated carbocycles. The number of carbonyl (C=O) groups excluding carboxylic acids is 1. The number of halogens is 2. The number of sulfonamides is 1. The Kier molecular flexibility index (Phi) is 6.89. The van der Waals surface area contributed by atoms with Crippen LogP contribution < -0.4 is 9.62 Å². The summed E-state index contributed by atoms with van der Waals surface area (Å²) in [6.45, 7) is 1.41. The van der Waals surface area contributed by atoms with Crippen LogP contribution in [0.15, 0.2) is 82.2 Å². The van der Waals surface area contributed by atoms with E-state index in [1.54, 1.807) is 36.4 Å². The number of nitrogens with zero attached hydrogens (tertiary/aromatic N) is 1. The quantitative estimate of drug-likeness (QED) is 0.507. The Labute approximate surface area is 183 Å². The molecular weight excluding hydrogens is 471 g/mol. The van der Waals surface area contributed by atoms with Gasteiger partial charge in [0.2, 0.25) is 5.91 Å². The van der Waals surface area contributed by atoms with Crippen molar-refractivity contribution in [1.29, 1.82) is 0 Å². The van der Waals surface area contributed by atoms with Crippen molar-refractivity contribution in [2.45, 2.75) is 18.2 Å². The molecule has 0 bridgehead atoms. The lowest BCUT2D eigenvalue weighted by Crippen LogP contribution is -2.38. The Morgan fingerprint density at radius 2 is 1.70 bits per heavy atom. The second-order valence-corrected chi connectivity index (χ2v) is 9.26. The molecule has 0 aromatic heterocycles. The smallest absolute Gasteiger partial charge is 0.264 e. The number of amides is 1. The number of nitrogens with one attached hydrogen (secondary N) is 1. The van der Waals surface area contributed by atoms with E-state index in [0.717, 1.165) is 9.87 Å². The van der Waals surface area contributed by atoms with Gasteiger partial charge in [-0.1, -0.05) is 59.3 Å². The molecule has 0 spiro atoms. The summed E-state index contributed by atoms with van der Waals surface area (Å²) >= 11 is 3.16. The highest BCUT2D eigenvalue weighted by molar-refractivity contribution is 9.10. The molecule has 0 fully saturated rings. The third-order valence-corrected chi connectivity index (χ3v) is 6.73. The molecule has 0 atom stereocenters. The minimum Gasteiger partial charge on any atom is -0.322 e. The van der Waals surface area contributed by atoms with Crippen LogP contribution in [0.4, 0.5) is 15.8 Å². The lowest BCUT2D eigenvalue weighted by atomic mass is 10.1. The van der Waals surface area contributed by atoms with Gasteiger partial charge in [0.25, 0.3) is 10.0 Å². The summed E-state index contributed by atoms with van der Waals surface area (Å²) in [5.74, 6) is -1.27. The fraction of sp³-hybridized carbons (Fsp3) is 0.136. The van der Waals surface area contributed by atoms with Gasteiger partial charge in [0, 0.05) is 4.47 Å². The number of rotatable bonds is 7. The van der Waals surface area contributed by atoms with E-state index >= 15 is 0 Å². The zero-order valence-electron chi connectivity index (χ0n) is 16.2. The Bertz CT molecular complexity index is 1150. The van der Waals surface area contributed by atoms with Gasteiger partial charge in [-0.15, -0.1) is 0 Å². The Morgan fingerprint density at radius 1 is 1.03 bits per heavy atom. The van der Waals surface area contributed by atoms with Crippen LogP contribution >= 0.6 is 15.9 Å². The van der Waals surface area contributed by atoms with Gasteiger partial charge in [0.1, 0.15) is 12.4 Å². The first kappa shape index (κ1) is 22.0. The number of carbonyl (C=O) groups is 1. The second-order valence-electron chi connectivity index (χ2n) is 6.48. The number of anilines is 2. The molecule has 0 radical (unpaired) electrons. The normalized spacial score (nSPS) is 11.2. The van der Waals surface area contributed by atoms with Crippen molar-refractivity contribution in [2.75, 3.05) is 16.2 Å². The number of para-hydroxylation sites is 1. The maximum Gasteiger partial charge on any atom is 0.264 e. The van der Waals surface area contributed by atoms with Crippen LogP contribution in [0.5, 0.6) is 0 Å². The predicted molar refractivity (Wildman–Crippen MR) is 120 cm³/mol. The molecule has 8 heteroatoms. The second kappa shape index (κ2) is 9.40. The van der Waals surface area contributed by atoms with Crippen molar-refractivity contribution in [1.82, 2.24) is 0 Å². The van der Waals surface area contributed by atoms with Crippen molar-refractivity contribution < 1.29 is 17.6 Å². The van der Waals surface area contributed by atoms with Gasteiger partial charge in [-0.2, -0.15) is 0 Å². The molecule has 0 heterocycles. The van der Waals surface area contributed by atoms with Crippen molar-refractivity contribution in [3.8, 4) is 0 Å². The Balaban J connectivity index is 1.98. The molecule has 30 heavy (non-hydrogen) atoms. The average molecular weight is 491 g/mol. The molecule has 156 valence electrons. The number of hydrogen-bond donors (Lipinski definition) is 1. The summed E-state index contributed by atoms with van der Waals surface area (Å²) in [5.41, 5.74) is 1.17. The van der Waals surface area contributed by atoms with E-state index in [0.29, 0.717) is 16.6 Å². The SMILES string of the molecule is CCc1ccccc1N(CC(=O)Nc1ccc(Br)cc1F)S(=O)(=O)c1ccccc1. The first-order valence-corrected chi connectivity index (χ1v) is 11.5. The summed E-state index contributed by atoms with van der Waals surface area (Å²) in [7, 11) is -4.02. The van der Waals surface area contributed by atoms with E-state index in [1.807, 2.05) is 19.1 Å². The lowest BCUT2D eigenvalue weighted by molar-refractivity contribution is -0.114. The fourth-order valence-corrected chi connectivity index (χ4v) is 4.80. The van der Waals surface area contributed by atoms with Crippen molar-refractivity contribution in [3.05, 3.63) is 88.6 Å². The standard InChI is InChI=1S/C22H20BrFN2O3S/c1-2-16-8-6-7-11-21(16)26(30(28,29)18-9-4-3-5-10-18)15-22(27)25-20-13-12-17(23)14-19(20)24/h3-14H,2,15H2,1H3,(H,25,27). The van der Waals surface area contributed by atoms with Gasteiger partial charge >= 0.3 is 0 Å². The van der Waals surface area contributed by atoms with E-state index in [4.69, 9.17) is 0 Å². The first-order chi connectivity index (χ1) is 14.3. The molecule has 0 aliphatic rings. The highest BCUT2D eigenvalue weighted by atomic mass is 79.9. The van der Waals surface area contributed by atoms with Crippen molar-refractivity contribution in [3.63, 3.8) is 0 Å². The fourth-order valence-electron chi connectivity index (χ4n) is 2.98. The average Bonchev–Trinajstić information content (AvgIpc) is 2.74.